The number of hydrogen-bond donors (Lipinski definition) is 2. The molecule has 2 rings (SSSR count). The molecule has 0 aliphatic carbocycles. The van der Waals surface area contributed by atoms with Crippen LogP contribution in [0, 0.1) is 4.91 Å². The van der Waals surface area contributed by atoms with Gasteiger partial charge in [0.25, 0.3) is 0 Å². The van der Waals surface area contributed by atoms with Gasteiger partial charge in [-0.25, -0.2) is 0 Å². The maximum Gasteiger partial charge on any atom is 0.157 e. The Morgan fingerprint density at radius 2 is 2.07 bits per heavy atom. The molecule has 2 N–H and O–H groups in total. The van der Waals surface area contributed by atoms with Crippen LogP contribution in [0.4, 0.5) is 0 Å². The average Bonchev–Trinajstić information content (AvgIpc) is 2.22. The highest BCUT2D eigenvalue weighted by molar-refractivity contribution is 5.47. The maximum atomic E-state index is 10.5. The first-order chi connectivity index (χ1) is 7.13. The summed E-state index contributed by atoms with van der Waals surface area (Å²) in [6.07, 6.45) is 0.652. The van der Waals surface area contributed by atoms with Gasteiger partial charge in [-0.2, -0.15) is 0 Å². The van der Waals surface area contributed by atoms with Gasteiger partial charge in [0.1, 0.15) is 0 Å². The Labute approximate surface area is 86.9 Å². The van der Waals surface area contributed by atoms with E-state index in [1.54, 1.807) is 6.07 Å². The minimum Gasteiger partial charge on any atom is -0.504 e. The first-order valence-corrected chi connectivity index (χ1v) is 4.78. The lowest BCUT2D eigenvalue weighted by Gasteiger charge is -2.30. The van der Waals surface area contributed by atoms with Crippen LogP contribution in [-0.2, 0) is 6.42 Å². The van der Waals surface area contributed by atoms with Gasteiger partial charge in [0.15, 0.2) is 11.5 Å². The third kappa shape index (κ3) is 1.49. The summed E-state index contributed by atoms with van der Waals surface area (Å²) >= 11 is 0. The summed E-state index contributed by atoms with van der Waals surface area (Å²) in [6, 6.07) is 2.88. The van der Waals surface area contributed by atoms with Crippen LogP contribution in [-0.4, -0.2) is 21.8 Å². The van der Waals surface area contributed by atoms with Gasteiger partial charge in [-0.15, -0.1) is 4.91 Å². The van der Waals surface area contributed by atoms with E-state index < -0.39 is 0 Å². The number of phenolic OH excluding ortho intramolecular Hbond substituents is 2. The van der Waals surface area contributed by atoms with Crippen molar-refractivity contribution in [3.63, 3.8) is 0 Å². The summed E-state index contributed by atoms with van der Waals surface area (Å²) < 4.78 is 0. The molecule has 1 heterocycles. The van der Waals surface area contributed by atoms with Gasteiger partial charge in [-0.1, -0.05) is 0 Å². The Balaban J connectivity index is 2.47. The lowest BCUT2D eigenvalue weighted by atomic mass is 9.94. The number of nitrogens with zero attached hydrogens (tertiary/aromatic N) is 2. The second kappa shape index (κ2) is 3.42. The monoisotopic (exact) mass is 208 g/mol. The second-order valence-corrected chi connectivity index (χ2v) is 3.71. The molecule has 0 saturated heterocycles. The van der Waals surface area contributed by atoms with E-state index in [0.717, 1.165) is 11.1 Å². The average molecular weight is 208 g/mol. The van der Waals surface area contributed by atoms with E-state index in [1.165, 1.54) is 11.1 Å². The van der Waals surface area contributed by atoms with E-state index in [9.17, 15) is 15.1 Å². The highest BCUT2D eigenvalue weighted by atomic mass is 16.3. The van der Waals surface area contributed by atoms with Crippen molar-refractivity contribution in [2.45, 2.75) is 19.4 Å². The van der Waals surface area contributed by atoms with Crippen LogP contribution in [0.15, 0.2) is 17.4 Å². The summed E-state index contributed by atoms with van der Waals surface area (Å²) in [6.45, 7) is 2.39. The Kier molecular flexibility index (Phi) is 2.22. The fraction of sp³-hybridized carbons (Fsp3) is 0.400. The zero-order valence-electron chi connectivity index (χ0n) is 8.34. The summed E-state index contributed by atoms with van der Waals surface area (Å²) in [5.41, 5.74) is 1.80. The van der Waals surface area contributed by atoms with Crippen LogP contribution in [0.1, 0.15) is 24.1 Å². The number of rotatable bonds is 1. The molecule has 1 aliphatic heterocycles. The van der Waals surface area contributed by atoms with Crippen LogP contribution < -0.4 is 0 Å². The van der Waals surface area contributed by atoms with Crippen molar-refractivity contribution in [2.75, 3.05) is 6.54 Å². The van der Waals surface area contributed by atoms with Crippen LogP contribution in [0.5, 0.6) is 11.5 Å². The van der Waals surface area contributed by atoms with E-state index in [0.29, 0.717) is 13.0 Å². The molecule has 1 unspecified atom stereocenters. The van der Waals surface area contributed by atoms with Crippen molar-refractivity contribution >= 4 is 0 Å². The van der Waals surface area contributed by atoms with Crippen LogP contribution in [0.2, 0.25) is 0 Å². The molecule has 5 heteroatoms. The second-order valence-electron chi connectivity index (χ2n) is 3.71. The summed E-state index contributed by atoms with van der Waals surface area (Å²) in [4.78, 5) is 10.5. The van der Waals surface area contributed by atoms with Crippen LogP contribution in [0.3, 0.4) is 0 Å². The minimum atomic E-state index is -0.159. The minimum absolute atomic E-state index is 0.117. The largest absolute Gasteiger partial charge is 0.504 e. The molecule has 0 aromatic heterocycles. The van der Waals surface area contributed by atoms with E-state index in [2.05, 4.69) is 5.29 Å². The molecular formula is C10H12N2O3. The predicted octanol–water partition coefficient (Wildman–Crippen LogP) is 1.70. The van der Waals surface area contributed by atoms with Crippen molar-refractivity contribution in [1.29, 1.82) is 0 Å². The highest BCUT2D eigenvalue weighted by Gasteiger charge is 2.25. The standard InChI is InChI=1S/C10H12N2O3/c1-6-8-5-10(14)9(13)4-7(8)2-3-12(6)11-15/h4-6,13-14H,2-3H2,1H3. The molecule has 1 aromatic carbocycles. The van der Waals surface area contributed by atoms with Crippen molar-refractivity contribution in [1.82, 2.24) is 5.01 Å². The van der Waals surface area contributed by atoms with Gasteiger partial charge in [-0.05, 0) is 36.6 Å². The molecule has 1 atom stereocenters. The SMILES string of the molecule is CC1c2cc(O)c(O)cc2CCN1N=O. The Hall–Kier alpha value is -1.78. The van der Waals surface area contributed by atoms with Crippen molar-refractivity contribution < 1.29 is 10.2 Å². The van der Waals surface area contributed by atoms with Crippen molar-refractivity contribution in [2.24, 2.45) is 5.29 Å². The lowest BCUT2D eigenvalue weighted by molar-refractivity contribution is 0.204. The molecule has 5 nitrogen and oxygen atoms in total. The number of phenols is 2. The number of fused-ring (bicyclic) bond motifs is 1. The van der Waals surface area contributed by atoms with E-state index in [1.807, 2.05) is 6.92 Å². The maximum absolute atomic E-state index is 10.5. The summed E-state index contributed by atoms with van der Waals surface area (Å²) in [7, 11) is 0. The van der Waals surface area contributed by atoms with Gasteiger partial charge in [-0.3, -0.25) is 5.01 Å². The zero-order valence-corrected chi connectivity index (χ0v) is 8.34. The lowest BCUT2D eigenvalue weighted by Crippen LogP contribution is -2.29. The van der Waals surface area contributed by atoms with E-state index in [-0.39, 0.29) is 17.5 Å². The van der Waals surface area contributed by atoms with Crippen molar-refractivity contribution in [3.8, 4) is 11.5 Å². The molecular weight excluding hydrogens is 196 g/mol. The van der Waals surface area contributed by atoms with Crippen molar-refractivity contribution in [3.05, 3.63) is 28.2 Å². The molecule has 1 aromatic rings. The normalized spacial score (nSPS) is 19.8. The fourth-order valence-electron chi connectivity index (χ4n) is 1.94. The van der Waals surface area contributed by atoms with E-state index >= 15 is 0 Å². The summed E-state index contributed by atoms with van der Waals surface area (Å²) in [5.74, 6) is -0.276. The predicted molar refractivity (Wildman–Crippen MR) is 54.4 cm³/mol. The molecule has 0 spiro atoms. The van der Waals surface area contributed by atoms with Gasteiger partial charge in [0, 0.05) is 6.54 Å². The summed E-state index contributed by atoms with van der Waals surface area (Å²) in [5, 5.41) is 23.1. The third-order valence-corrected chi connectivity index (χ3v) is 2.85. The first-order valence-electron chi connectivity index (χ1n) is 4.78. The highest BCUT2D eigenvalue weighted by Crippen LogP contribution is 2.36. The van der Waals surface area contributed by atoms with Crippen LogP contribution in [0.25, 0.3) is 0 Å². The third-order valence-electron chi connectivity index (χ3n) is 2.85. The molecule has 80 valence electrons. The van der Waals surface area contributed by atoms with Gasteiger partial charge in [0.2, 0.25) is 0 Å². The topological polar surface area (TPSA) is 73.1 Å². The number of benzene rings is 1. The number of aromatic hydroxyl groups is 2. The van der Waals surface area contributed by atoms with Gasteiger partial charge < -0.3 is 10.2 Å². The number of hydrogen-bond acceptors (Lipinski definition) is 4. The Bertz CT molecular complexity index is 406. The molecule has 0 amide bonds. The zero-order chi connectivity index (χ0) is 11.0. The van der Waals surface area contributed by atoms with Crippen LogP contribution >= 0.6 is 0 Å². The fourth-order valence-corrected chi connectivity index (χ4v) is 1.94. The molecule has 0 saturated carbocycles. The molecule has 15 heavy (non-hydrogen) atoms. The Morgan fingerprint density at radius 1 is 1.40 bits per heavy atom. The molecule has 0 fully saturated rings. The van der Waals surface area contributed by atoms with E-state index in [4.69, 9.17) is 0 Å². The Morgan fingerprint density at radius 3 is 2.73 bits per heavy atom. The number of nitroso groups, excluding NO2 is 1. The first kappa shape index (κ1) is 9.76. The smallest absolute Gasteiger partial charge is 0.157 e. The van der Waals surface area contributed by atoms with Gasteiger partial charge >= 0.3 is 0 Å². The quantitative estimate of drug-likeness (QED) is 0.544. The molecule has 0 radical (unpaired) electrons. The molecule has 1 aliphatic rings. The molecule has 0 bridgehead atoms. The van der Waals surface area contributed by atoms with Gasteiger partial charge in [0.05, 0.1) is 11.3 Å².